The number of likely N-dealkylation sites (tertiary alicyclic amines) is 1. The van der Waals surface area contributed by atoms with Gasteiger partial charge in [-0.2, -0.15) is 0 Å². The Kier molecular flexibility index (Phi) is 6.35. The highest BCUT2D eigenvalue weighted by molar-refractivity contribution is 5.88. The zero-order valence-electron chi connectivity index (χ0n) is 15.9. The van der Waals surface area contributed by atoms with E-state index in [2.05, 4.69) is 43.0 Å². The van der Waals surface area contributed by atoms with E-state index in [1.165, 1.54) is 49.1 Å². The van der Waals surface area contributed by atoms with Gasteiger partial charge in [-0.05, 0) is 86.3 Å². The highest BCUT2D eigenvalue weighted by atomic mass is 16.5. The van der Waals surface area contributed by atoms with E-state index in [4.69, 9.17) is 4.74 Å². The van der Waals surface area contributed by atoms with Crippen LogP contribution in [-0.2, 0) is 0 Å². The van der Waals surface area contributed by atoms with Crippen molar-refractivity contribution < 1.29 is 9.84 Å². The van der Waals surface area contributed by atoms with Crippen LogP contribution in [0.3, 0.4) is 0 Å². The predicted octanol–water partition coefficient (Wildman–Crippen LogP) is 5.21. The Balaban J connectivity index is 1.59. The van der Waals surface area contributed by atoms with Crippen molar-refractivity contribution in [1.82, 2.24) is 4.90 Å². The minimum atomic E-state index is 0.297. The Morgan fingerprint density at radius 3 is 1.96 bits per heavy atom. The molecule has 26 heavy (non-hydrogen) atoms. The maximum atomic E-state index is 9.45. The summed E-state index contributed by atoms with van der Waals surface area (Å²) in [7, 11) is 0. The number of phenolic OH excluding ortho intramolecular Hbond substituents is 1. The Morgan fingerprint density at radius 1 is 0.846 bits per heavy atom. The van der Waals surface area contributed by atoms with Crippen LogP contribution in [0.2, 0.25) is 0 Å². The summed E-state index contributed by atoms with van der Waals surface area (Å²) in [5.74, 6) is 1.23. The first-order valence-corrected chi connectivity index (χ1v) is 9.56. The fourth-order valence-electron chi connectivity index (χ4n) is 3.42. The lowest BCUT2D eigenvalue weighted by molar-refractivity contribution is 0.183. The summed E-state index contributed by atoms with van der Waals surface area (Å²) in [6.07, 6.45) is 4.01. The van der Waals surface area contributed by atoms with Gasteiger partial charge in [-0.15, -0.1) is 0 Å². The molecule has 138 valence electrons. The second-order valence-electron chi connectivity index (χ2n) is 7.07. The zero-order chi connectivity index (χ0) is 18.4. The van der Waals surface area contributed by atoms with Gasteiger partial charge in [0.15, 0.2) is 0 Å². The smallest absolute Gasteiger partial charge is 0.119 e. The molecule has 1 N–H and O–H groups in total. The van der Waals surface area contributed by atoms with E-state index in [0.717, 1.165) is 24.5 Å². The van der Waals surface area contributed by atoms with Crippen LogP contribution < -0.4 is 4.74 Å². The highest BCUT2D eigenvalue weighted by Crippen LogP contribution is 2.27. The van der Waals surface area contributed by atoms with Crippen LogP contribution in [-0.4, -0.2) is 36.2 Å². The third kappa shape index (κ3) is 4.89. The van der Waals surface area contributed by atoms with Crippen LogP contribution >= 0.6 is 0 Å². The summed E-state index contributed by atoms with van der Waals surface area (Å²) < 4.78 is 5.92. The molecular formula is C23H29NO2. The molecule has 2 aromatic rings. The second kappa shape index (κ2) is 8.91. The summed E-state index contributed by atoms with van der Waals surface area (Å²) in [4.78, 5) is 2.49. The van der Waals surface area contributed by atoms with Gasteiger partial charge in [-0.3, -0.25) is 4.90 Å². The van der Waals surface area contributed by atoms with E-state index in [1.807, 2.05) is 12.1 Å². The third-order valence-electron chi connectivity index (χ3n) is 5.28. The van der Waals surface area contributed by atoms with Crippen molar-refractivity contribution in [2.45, 2.75) is 33.1 Å². The molecule has 0 amide bonds. The molecule has 1 saturated heterocycles. The number of benzene rings is 2. The van der Waals surface area contributed by atoms with Gasteiger partial charge in [0.05, 0.1) is 0 Å². The van der Waals surface area contributed by atoms with Crippen molar-refractivity contribution in [2.75, 3.05) is 26.2 Å². The predicted molar refractivity (Wildman–Crippen MR) is 108 cm³/mol. The van der Waals surface area contributed by atoms with Crippen molar-refractivity contribution >= 4 is 11.1 Å². The number of phenols is 1. The van der Waals surface area contributed by atoms with Crippen LogP contribution in [0.4, 0.5) is 0 Å². The molecule has 0 aromatic heterocycles. The molecule has 3 rings (SSSR count). The number of nitrogens with zero attached hydrogens (tertiary/aromatic N) is 1. The quantitative estimate of drug-likeness (QED) is 0.725. The molecule has 3 nitrogen and oxygen atoms in total. The first-order chi connectivity index (χ1) is 12.6. The normalized spacial score (nSPS) is 16.2. The topological polar surface area (TPSA) is 32.7 Å². The monoisotopic (exact) mass is 351 g/mol. The molecule has 1 heterocycles. The molecule has 0 bridgehead atoms. The lowest BCUT2D eigenvalue weighted by Gasteiger charge is -2.26. The van der Waals surface area contributed by atoms with E-state index < -0.39 is 0 Å². The number of ether oxygens (including phenoxy) is 1. The van der Waals surface area contributed by atoms with E-state index in [-0.39, 0.29) is 0 Å². The highest BCUT2D eigenvalue weighted by Gasteiger charge is 2.09. The molecule has 0 saturated carbocycles. The maximum absolute atomic E-state index is 9.45. The van der Waals surface area contributed by atoms with Gasteiger partial charge in [0.1, 0.15) is 18.1 Å². The van der Waals surface area contributed by atoms with Crippen molar-refractivity contribution in [3.8, 4) is 11.5 Å². The van der Waals surface area contributed by atoms with Gasteiger partial charge in [0.25, 0.3) is 0 Å². The SMILES string of the molecule is C/C(=C(/C)c1ccc(OCCN2CCCCC2)cc1)c1ccc(O)cc1. The lowest BCUT2D eigenvalue weighted by Crippen LogP contribution is -2.33. The number of hydrogen-bond donors (Lipinski definition) is 1. The Bertz CT molecular complexity index is 726. The fraction of sp³-hybridized carbons (Fsp3) is 0.391. The second-order valence-corrected chi connectivity index (χ2v) is 7.07. The molecule has 0 spiro atoms. The van der Waals surface area contributed by atoms with Gasteiger partial charge >= 0.3 is 0 Å². The minimum Gasteiger partial charge on any atom is -0.508 e. The first-order valence-electron chi connectivity index (χ1n) is 9.56. The lowest BCUT2D eigenvalue weighted by atomic mass is 9.97. The molecule has 0 radical (unpaired) electrons. The summed E-state index contributed by atoms with van der Waals surface area (Å²) in [5.41, 5.74) is 4.76. The van der Waals surface area contributed by atoms with Gasteiger partial charge < -0.3 is 9.84 Å². The van der Waals surface area contributed by atoms with Gasteiger partial charge in [-0.25, -0.2) is 0 Å². The first kappa shape index (κ1) is 18.5. The van der Waals surface area contributed by atoms with Crippen LogP contribution in [0.5, 0.6) is 11.5 Å². The van der Waals surface area contributed by atoms with Gasteiger partial charge in [-0.1, -0.05) is 30.7 Å². The number of piperidine rings is 1. The zero-order valence-corrected chi connectivity index (χ0v) is 15.9. The molecule has 0 unspecified atom stereocenters. The van der Waals surface area contributed by atoms with Crippen LogP contribution in [0.25, 0.3) is 11.1 Å². The van der Waals surface area contributed by atoms with Crippen molar-refractivity contribution in [3.63, 3.8) is 0 Å². The summed E-state index contributed by atoms with van der Waals surface area (Å²) in [6, 6.07) is 15.7. The Labute approximate surface area is 156 Å². The number of hydrogen-bond acceptors (Lipinski definition) is 3. The number of aromatic hydroxyl groups is 1. The van der Waals surface area contributed by atoms with Crippen LogP contribution in [0.15, 0.2) is 48.5 Å². The molecule has 1 aliphatic heterocycles. The molecule has 3 heteroatoms. The van der Waals surface area contributed by atoms with E-state index in [9.17, 15) is 5.11 Å². The fourth-order valence-corrected chi connectivity index (χ4v) is 3.42. The third-order valence-corrected chi connectivity index (χ3v) is 5.28. The summed E-state index contributed by atoms with van der Waals surface area (Å²) in [5, 5.41) is 9.45. The number of rotatable bonds is 6. The summed E-state index contributed by atoms with van der Waals surface area (Å²) in [6.45, 7) is 8.44. The average Bonchev–Trinajstić information content (AvgIpc) is 2.69. The van der Waals surface area contributed by atoms with E-state index >= 15 is 0 Å². The molecule has 1 fully saturated rings. The van der Waals surface area contributed by atoms with E-state index in [0.29, 0.717) is 5.75 Å². The largest absolute Gasteiger partial charge is 0.508 e. The molecule has 1 aliphatic rings. The molecular weight excluding hydrogens is 322 g/mol. The Hall–Kier alpha value is -2.26. The van der Waals surface area contributed by atoms with Crippen molar-refractivity contribution in [3.05, 3.63) is 59.7 Å². The van der Waals surface area contributed by atoms with Gasteiger partial charge in [0, 0.05) is 6.54 Å². The molecule has 0 atom stereocenters. The van der Waals surface area contributed by atoms with Crippen LogP contribution in [0, 0.1) is 0 Å². The molecule has 2 aromatic carbocycles. The standard InChI is InChI=1S/C23H29NO2/c1-18(20-6-10-22(25)11-7-20)19(2)21-8-12-23(13-9-21)26-17-16-24-14-4-3-5-15-24/h6-13,25H,3-5,14-17H2,1-2H3/b19-18+. The number of allylic oxidation sites excluding steroid dienone is 2. The van der Waals surface area contributed by atoms with Crippen molar-refractivity contribution in [2.24, 2.45) is 0 Å². The Morgan fingerprint density at radius 2 is 1.38 bits per heavy atom. The summed E-state index contributed by atoms with van der Waals surface area (Å²) >= 11 is 0. The molecule has 0 aliphatic carbocycles. The van der Waals surface area contributed by atoms with E-state index in [1.54, 1.807) is 12.1 Å². The minimum absolute atomic E-state index is 0.297. The van der Waals surface area contributed by atoms with Crippen LogP contribution in [0.1, 0.15) is 44.2 Å². The van der Waals surface area contributed by atoms with Gasteiger partial charge in [0.2, 0.25) is 0 Å². The maximum Gasteiger partial charge on any atom is 0.119 e. The van der Waals surface area contributed by atoms with Crippen molar-refractivity contribution in [1.29, 1.82) is 0 Å². The average molecular weight is 351 g/mol.